The summed E-state index contributed by atoms with van der Waals surface area (Å²) in [4.78, 5) is 44.5. The molecule has 0 spiro atoms. The van der Waals surface area contributed by atoms with Crippen LogP contribution in [-0.4, -0.2) is 22.8 Å². The van der Waals surface area contributed by atoms with E-state index in [0.29, 0.717) is 22.0 Å². The molecule has 2 aliphatic rings. The Balaban J connectivity index is 1.58. The topological polar surface area (TPSA) is 93.0 Å². The van der Waals surface area contributed by atoms with Gasteiger partial charge in [-0.05, 0) is 35.9 Å². The molecular weight excluding hydrogens is 469 g/mol. The summed E-state index contributed by atoms with van der Waals surface area (Å²) in [5, 5.41) is 13.1. The van der Waals surface area contributed by atoms with Crippen LogP contribution in [0.25, 0.3) is 0 Å². The van der Waals surface area contributed by atoms with Crippen LogP contribution in [0.1, 0.15) is 11.6 Å². The lowest BCUT2D eigenvalue weighted by Crippen LogP contribution is -2.37. The first-order valence-electron chi connectivity index (χ1n) is 9.95. The predicted molar refractivity (Wildman–Crippen MR) is 122 cm³/mol. The van der Waals surface area contributed by atoms with Gasteiger partial charge in [0.2, 0.25) is 5.91 Å². The number of carbonyl (C=O) groups excluding carboxylic acids is 2. The molecule has 0 aliphatic carbocycles. The van der Waals surface area contributed by atoms with Crippen LogP contribution in [-0.2, 0) is 14.4 Å². The Morgan fingerprint density at radius 1 is 0.848 bits per heavy atom. The molecule has 3 aromatic rings. The number of nitro benzene ring substituents is 1. The minimum absolute atomic E-state index is 0.0771. The first-order valence-corrected chi connectivity index (χ1v) is 10.7. The van der Waals surface area contributed by atoms with Crippen LogP contribution in [0.5, 0.6) is 0 Å². The van der Waals surface area contributed by atoms with E-state index in [1.165, 1.54) is 29.3 Å². The van der Waals surface area contributed by atoms with Crippen molar-refractivity contribution in [3.05, 3.63) is 98.5 Å². The third-order valence-corrected chi connectivity index (χ3v) is 6.47. The highest BCUT2D eigenvalue weighted by molar-refractivity contribution is 6.42. The molecule has 33 heavy (non-hydrogen) atoms. The SMILES string of the molecule is O=C1[C@@H]2[C@@H](c3ccc([N+](=O)[O-])cc3)N(c3ccccc3)O[C@H]2C(=O)N1c1ccc(Cl)c(Cl)c1. The quantitative estimate of drug-likeness (QED) is 0.296. The van der Waals surface area contributed by atoms with Gasteiger partial charge in [-0.2, -0.15) is 0 Å². The van der Waals surface area contributed by atoms with Crippen LogP contribution in [0.2, 0.25) is 10.0 Å². The van der Waals surface area contributed by atoms with Crippen LogP contribution >= 0.6 is 23.2 Å². The molecule has 3 atom stereocenters. The fraction of sp³-hybridized carbons (Fsp3) is 0.130. The van der Waals surface area contributed by atoms with Crippen molar-refractivity contribution >= 4 is 52.1 Å². The van der Waals surface area contributed by atoms with Crippen molar-refractivity contribution in [2.24, 2.45) is 5.92 Å². The average molecular weight is 484 g/mol. The number of para-hydroxylation sites is 1. The third kappa shape index (κ3) is 3.52. The number of benzene rings is 3. The molecule has 0 bridgehead atoms. The first kappa shape index (κ1) is 21.4. The number of amides is 2. The molecule has 0 saturated carbocycles. The highest BCUT2D eigenvalue weighted by Gasteiger charge is 2.60. The normalized spacial score (nSPS) is 22.1. The van der Waals surface area contributed by atoms with Crippen molar-refractivity contribution in [1.82, 2.24) is 0 Å². The van der Waals surface area contributed by atoms with E-state index in [4.69, 9.17) is 28.0 Å². The smallest absolute Gasteiger partial charge is 0.269 e. The zero-order valence-electron chi connectivity index (χ0n) is 16.8. The second-order valence-electron chi connectivity index (χ2n) is 7.62. The van der Waals surface area contributed by atoms with E-state index >= 15 is 0 Å². The van der Waals surface area contributed by atoms with E-state index in [9.17, 15) is 19.7 Å². The Morgan fingerprint density at radius 2 is 1.55 bits per heavy atom. The number of hydrogen-bond donors (Lipinski definition) is 0. The number of fused-ring (bicyclic) bond motifs is 1. The molecular formula is C23H15Cl2N3O5. The van der Waals surface area contributed by atoms with Gasteiger partial charge >= 0.3 is 0 Å². The zero-order valence-corrected chi connectivity index (χ0v) is 18.3. The molecule has 8 nitrogen and oxygen atoms in total. The minimum Gasteiger partial charge on any atom is -0.273 e. The molecule has 0 N–H and O–H groups in total. The summed E-state index contributed by atoms with van der Waals surface area (Å²) in [6.07, 6.45) is -1.06. The highest BCUT2D eigenvalue weighted by Crippen LogP contribution is 2.48. The van der Waals surface area contributed by atoms with Crippen molar-refractivity contribution in [2.75, 3.05) is 9.96 Å². The summed E-state index contributed by atoms with van der Waals surface area (Å²) in [5.74, 6) is -1.84. The number of halogens is 2. The molecule has 2 aliphatic heterocycles. The van der Waals surface area contributed by atoms with Crippen LogP contribution in [0.3, 0.4) is 0 Å². The Hall–Kier alpha value is -3.46. The van der Waals surface area contributed by atoms with Crippen molar-refractivity contribution in [1.29, 1.82) is 0 Å². The van der Waals surface area contributed by atoms with Gasteiger partial charge in [-0.25, -0.2) is 9.96 Å². The maximum absolute atomic E-state index is 13.5. The van der Waals surface area contributed by atoms with Crippen LogP contribution in [0.15, 0.2) is 72.8 Å². The van der Waals surface area contributed by atoms with Crippen molar-refractivity contribution in [2.45, 2.75) is 12.1 Å². The summed E-state index contributed by atoms with van der Waals surface area (Å²) in [6.45, 7) is 0. The maximum atomic E-state index is 13.5. The van der Waals surface area contributed by atoms with Gasteiger partial charge in [0, 0.05) is 12.1 Å². The fourth-order valence-electron chi connectivity index (χ4n) is 4.22. The number of imide groups is 1. The number of nitro groups is 1. The third-order valence-electron chi connectivity index (χ3n) is 5.73. The van der Waals surface area contributed by atoms with Gasteiger partial charge < -0.3 is 0 Å². The number of anilines is 2. The number of nitrogens with zero attached hydrogens (tertiary/aromatic N) is 3. The Labute approximate surface area is 198 Å². The van der Waals surface area contributed by atoms with Gasteiger partial charge in [-0.15, -0.1) is 0 Å². The first-order chi connectivity index (χ1) is 15.9. The summed E-state index contributed by atoms with van der Waals surface area (Å²) in [5.41, 5.74) is 1.48. The predicted octanol–water partition coefficient (Wildman–Crippen LogP) is 4.95. The Bertz CT molecular complexity index is 1270. The number of rotatable bonds is 4. The van der Waals surface area contributed by atoms with Crippen molar-refractivity contribution in [3.8, 4) is 0 Å². The molecule has 2 heterocycles. The van der Waals surface area contributed by atoms with Crippen molar-refractivity contribution < 1.29 is 19.3 Å². The average Bonchev–Trinajstić information content (AvgIpc) is 3.32. The molecule has 0 aromatic heterocycles. The van der Waals surface area contributed by atoms with Gasteiger partial charge in [0.05, 0.1) is 32.4 Å². The zero-order chi connectivity index (χ0) is 23.3. The summed E-state index contributed by atoms with van der Waals surface area (Å²) in [7, 11) is 0. The standard InChI is InChI=1S/C23H15Cl2N3O5/c24-17-11-10-16(12-18(17)25)26-22(29)19-20(13-6-8-15(9-7-13)28(31)32)27(33-21(19)23(26)30)14-4-2-1-3-5-14/h1-12,19-21H/t19-,20-,21-/m1/s1. The second kappa shape index (κ2) is 8.15. The van der Waals surface area contributed by atoms with Gasteiger partial charge in [0.1, 0.15) is 5.92 Å². The van der Waals surface area contributed by atoms with Crippen LogP contribution in [0, 0.1) is 16.0 Å². The number of carbonyl (C=O) groups is 2. The van der Waals surface area contributed by atoms with Gasteiger partial charge in [-0.3, -0.25) is 24.5 Å². The van der Waals surface area contributed by atoms with E-state index in [0.717, 1.165) is 4.90 Å². The monoisotopic (exact) mass is 483 g/mol. The molecule has 5 rings (SSSR count). The van der Waals surface area contributed by atoms with Crippen LogP contribution in [0.4, 0.5) is 17.1 Å². The molecule has 0 radical (unpaired) electrons. The van der Waals surface area contributed by atoms with Crippen molar-refractivity contribution in [3.63, 3.8) is 0 Å². The second-order valence-corrected chi connectivity index (χ2v) is 8.43. The summed E-state index contributed by atoms with van der Waals surface area (Å²) < 4.78 is 0. The molecule has 2 fully saturated rings. The Morgan fingerprint density at radius 3 is 2.18 bits per heavy atom. The molecule has 10 heteroatoms. The summed E-state index contributed by atoms with van der Waals surface area (Å²) in [6, 6.07) is 18.8. The lowest BCUT2D eigenvalue weighted by Gasteiger charge is -2.28. The largest absolute Gasteiger partial charge is 0.273 e. The molecule has 3 aromatic carbocycles. The van der Waals surface area contributed by atoms with E-state index in [2.05, 4.69) is 0 Å². The fourth-order valence-corrected chi connectivity index (χ4v) is 4.52. The molecule has 166 valence electrons. The molecule has 2 saturated heterocycles. The molecule has 2 amide bonds. The lowest BCUT2D eigenvalue weighted by molar-refractivity contribution is -0.384. The van der Waals surface area contributed by atoms with Gasteiger partial charge in [-0.1, -0.05) is 53.5 Å². The number of non-ortho nitro benzene ring substituents is 1. The lowest BCUT2D eigenvalue weighted by atomic mass is 9.90. The summed E-state index contributed by atoms with van der Waals surface area (Å²) >= 11 is 12.1. The molecule has 0 unspecified atom stereocenters. The van der Waals surface area contributed by atoms with E-state index < -0.39 is 34.8 Å². The van der Waals surface area contributed by atoms with E-state index in [1.54, 1.807) is 30.3 Å². The van der Waals surface area contributed by atoms with E-state index in [1.807, 2.05) is 18.2 Å². The maximum Gasteiger partial charge on any atom is 0.269 e. The van der Waals surface area contributed by atoms with Gasteiger partial charge in [0.15, 0.2) is 6.10 Å². The van der Waals surface area contributed by atoms with E-state index in [-0.39, 0.29) is 10.7 Å². The highest BCUT2D eigenvalue weighted by atomic mass is 35.5. The minimum atomic E-state index is -1.06. The van der Waals surface area contributed by atoms with Gasteiger partial charge in [0.25, 0.3) is 11.6 Å². The Kier molecular flexibility index (Phi) is 5.28. The number of hydroxylamine groups is 1. The number of hydrogen-bond acceptors (Lipinski definition) is 6. The van der Waals surface area contributed by atoms with Crippen LogP contribution < -0.4 is 9.96 Å².